The number of nitrogens with zero attached hydrogens (tertiary/aromatic N) is 2. The van der Waals surface area contributed by atoms with Crippen molar-refractivity contribution >= 4 is 0 Å². The van der Waals surface area contributed by atoms with E-state index in [1.54, 1.807) is 0 Å². The van der Waals surface area contributed by atoms with Gasteiger partial charge in [0.1, 0.15) is 0 Å². The van der Waals surface area contributed by atoms with Gasteiger partial charge in [0.15, 0.2) is 0 Å². The molecule has 0 aliphatic carbocycles. The zero-order valence-corrected chi connectivity index (χ0v) is 10.3. The van der Waals surface area contributed by atoms with Crippen LogP contribution in [0.15, 0.2) is 0 Å². The number of hydrogen-bond acceptors (Lipinski definition) is 5. The Morgan fingerprint density at radius 2 is 1.71 bits per heavy atom. The normalized spacial score (nSPS) is 44.9. The highest BCUT2D eigenvalue weighted by molar-refractivity contribution is 5.07. The smallest absolute Gasteiger partial charge is 0.226 e. The molecule has 3 saturated heterocycles. The summed E-state index contributed by atoms with van der Waals surface area (Å²) in [5, 5.41) is 11.4. The van der Waals surface area contributed by atoms with Gasteiger partial charge in [-0.15, -0.1) is 0 Å². The summed E-state index contributed by atoms with van der Waals surface area (Å²) in [5.41, 5.74) is 10.8. The van der Waals surface area contributed by atoms with Gasteiger partial charge in [0.05, 0.1) is 0 Å². The van der Waals surface area contributed by atoms with Gasteiger partial charge in [0, 0.05) is 55.4 Å². The van der Waals surface area contributed by atoms with E-state index in [1.165, 1.54) is 0 Å². The van der Waals surface area contributed by atoms with Crippen molar-refractivity contribution in [3.05, 3.63) is 10.1 Å². The van der Waals surface area contributed by atoms with Crippen LogP contribution in [0.25, 0.3) is 0 Å². The molecule has 6 heteroatoms. The van der Waals surface area contributed by atoms with Gasteiger partial charge in [0.25, 0.3) is 0 Å². The van der Waals surface area contributed by atoms with Crippen LogP contribution in [-0.4, -0.2) is 46.6 Å². The Hall–Kier alpha value is -0.720. The molecule has 6 nitrogen and oxygen atoms in total. The lowest BCUT2D eigenvalue weighted by atomic mass is 9.69. The minimum absolute atomic E-state index is 0.0719. The van der Waals surface area contributed by atoms with Crippen molar-refractivity contribution in [2.45, 2.75) is 56.3 Å². The topological polar surface area (TPSA) is 98.4 Å². The molecule has 0 saturated carbocycles. The Kier molecular flexibility index (Phi) is 3.38. The molecule has 17 heavy (non-hydrogen) atoms. The number of nitrogens with two attached hydrogens (primary N) is 2. The number of rotatable bonds is 4. The van der Waals surface area contributed by atoms with E-state index in [9.17, 15) is 10.1 Å². The molecule has 0 aromatic heterocycles. The average molecular weight is 242 g/mol. The van der Waals surface area contributed by atoms with Crippen LogP contribution in [0.1, 0.15) is 32.6 Å². The second kappa shape index (κ2) is 4.51. The lowest BCUT2D eigenvalue weighted by Crippen LogP contribution is -2.71. The second-order valence-electron chi connectivity index (χ2n) is 5.38. The molecule has 3 rings (SSSR count). The minimum atomic E-state index is -0.774. The van der Waals surface area contributed by atoms with Crippen LogP contribution in [0.4, 0.5) is 0 Å². The zero-order chi connectivity index (χ0) is 12.6. The third kappa shape index (κ3) is 1.84. The van der Waals surface area contributed by atoms with Crippen molar-refractivity contribution in [1.29, 1.82) is 0 Å². The fraction of sp³-hybridized carbons (Fsp3) is 1.00. The molecule has 5 atom stereocenters. The molecule has 3 heterocycles. The van der Waals surface area contributed by atoms with Gasteiger partial charge in [-0.05, 0) is 6.42 Å². The summed E-state index contributed by atoms with van der Waals surface area (Å²) in [6, 6.07) is 0.521. The molecule has 0 radical (unpaired) electrons. The lowest BCUT2D eigenvalue weighted by molar-refractivity contribution is -0.588. The molecule has 4 N–H and O–H groups in total. The van der Waals surface area contributed by atoms with Crippen LogP contribution >= 0.6 is 0 Å². The van der Waals surface area contributed by atoms with E-state index in [-0.39, 0.29) is 23.0 Å². The first-order valence-corrected chi connectivity index (χ1v) is 6.40. The number of nitro groups is 1. The standard InChI is InChI=1S/C11H22N4O2/c1-2-8-3-11(15(16)17)4-9(6-12)14(8)10(5-11)7-13/h8-10H,2-7,12-13H2,1H3/t8?,9-,10?,11?/m1/s1. The van der Waals surface area contributed by atoms with Gasteiger partial charge in [-0.3, -0.25) is 15.0 Å². The van der Waals surface area contributed by atoms with Gasteiger partial charge < -0.3 is 11.5 Å². The number of fused-ring (bicyclic) bond motifs is 3. The van der Waals surface area contributed by atoms with Gasteiger partial charge in [-0.1, -0.05) is 6.92 Å². The summed E-state index contributed by atoms with van der Waals surface area (Å²) in [5.74, 6) is 0. The summed E-state index contributed by atoms with van der Waals surface area (Å²) in [6.07, 6.45) is 2.76. The van der Waals surface area contributed by atoms with Crippen molar-refractivity contribution in [2.75, 3.05) is 13.1 Å². The van der Waals surface area contributed by atoms with E-state index in [4.69, 9.17) is 11.5 Å². The van der Waals surface area contributed by atoms with Crippen LogP contribution in [0, 0.1) is 10.1 Å². The molecule has 3 aliphatic rings. The maximum Gasteiger partial charge on any atom is 0.226 e. The van der Waals surface area contributed by atoms with Gasteiger partial charge in [-0.25, -0.2) is 0 Å². The SMILES string of the molecule is CCC1CC2([N+](=O)[O-])CC(CN)N1[C@@H](CN)C2. The van der Waals surface area contributed by atoms with E-state index < -0.39 is 5.54 Å². The molecule has 3 fully saturated rings. The quantitative estimate of drug-likeness (QED) is 0.531. The van der Waals surface area contributed by atoms with Crippen LogP contribution < -0.4 is 11.5 Å². The van der Waals surface area contributed by atoms with Crippen LogP contribution in [0.2, 0.25) is 0 Å². The Morgan fingerprint density at radius 1 is 1.24 bits per heavy atom. The Labute approximate surface area is 101 Å². The van der Waals surface area contributed by atoms with Gasteiger partial charge in [-0.2, -0.15) is 0 Å². The Bertz CT molecular complexity index is 274. The summed E-state index contributed by atoms with van der Waals surface area (Å²) < 4.78 is 0. The molecule has 0 aromatic rings. The highest BCUT2D eigenvalue weighted by Gasteiger charge is 2.59. The molecule has 0 spiro atoms. The molecule has 0 aromatic carbocycles. The molecular weight excluding hydrogens is 220 g/mol. The highest BCUT2D eigenvalue weighted by atomic mass is 16.6. The summed E-state index contributed by atoms with van der Waals surface area (Å²) in [7, 11) is 0. The predicted octanol–water partition coefficient (Wildman–Crippen LogP) is -0.0654. The first-order valence-electron chi connectivity index (χ1n) is 6.40. The van der Waals surface area contributed by atoms with Gasteiger partial charge in [0.2, 0.25) is 5.54 Å². The molecule has 3 aliphatic heterocycles. The Balaban J connectivity index is 2.33. The minimum Gasteiger partial charge on any atom is -0.329 e. The summed E-state index contributed by atoms with van der Waals surface area (Å²) >= 11 is 0. The van der Waals surface area contributed by atoms with Crippen molar-refractivity contribution in [3.63, 3.8) is 0 Å². The summed E-state index contributed by atoms with van der Waals surface area (Å²) in [6.45, 7) is 3.06. The Morgan fingerprint density at radius 3 is 2.06 bits per heavy atom. The van der Waals surface area contributed by atoms with Crippen LogP contribution in [0.5, 0.6) is 0 Å². The van der Waals surface area contributed by atoms with Crippen molar-refractivity contribution in [3.8, 4) is 0 Å². The van der Waals surface area contributed by atoms with E-state index in [0.717, 1.165) is 6.42 Å². The maximum absolute atomic E-state index is 11.4. The molecule has 4 unspecified atom stereocenters. The molecule has 0 amide bonds. The molecular formula is C11H22N4O2. The van der Waals surface area contributed by atoms with Crippen LogP contribution in [-0.2, 0) is 0 Å². The average Bonchev–Trinajstić information content (AvgIpc) is 2.37. The van der Waals surface area contributed by atoms with Crippen molar-refractivity contribution in [1.82, 2.24) is 4.90 Å². The fourth-order valence-corrected chi connectivity index (χ4v) is 3.77. The van der Waals surface area contributed by atoms with E-state index >= 15 is 0 Å². The predicted molar refractivity (Wildman–Crippen MR) is 65.2 cm³/mol. The first-order chi connectivity index (χ1) is 8.07. The second-order valence-corrected chi connectivity index (χ2v) is 5.38. The largest absolute Gasteiger partial charge is 0.329 e. The fourth-order valence-electron chi connectivity index (χ4n) is 3.77. The first kappa shape index (κ1) is 12.7. The maximum atomic E-state index is 11.4. The van der Waals surface area contributed by atoms with E-state index in [1.807, 2.05) is 0 Å². The van der Waals surface area contributed by atoms with Crippen molar-refractivity contribution < 1.29 is 4.92 Å². The zero-order valence-electron chi connectivity index (χ0n) is 10.3. The highest BCUT2D eigenvalue weighted by Crippen LogP contribution is 2.45. The van der Waals surface area contributed by atoms with Crippen molar-refractivity contribution in [2.24, 2.45) is 11.5 Å². The lowest BCUT2D eigenvalue weighted by Gasteiger charge is -2.56. The van der Waals surface area contributed by atoms with E-state index in [0.29, 0.717) is 32.4 Å². The van der Waals surface area contributed by atoms with Crippen LogP contribution in [0.3, 0.4) is 0 Å². The monoisotopic (exact) mass is 242 g/mol. The third-order valence-corrected chi connectivity index (χ3v) is 4.51. The third-order valence-electron chi connectivity index (χ3n) is 4.51. The van der Waals surface area contributed by atoms with E-state index in [2.05, 4.69) is 11.8 Å². The number of piperidine rings is 3. The number of hydrogen-bond donors (Lipinski definition) is 2. The molecule has 98 valence electrons. The summed E-state index contributed by atoms with van der Waals surface area (Å²) in [4.78, 5) is 13.7. The molecule has 2 bridgehead atoms. The van der Waals surface area contributed by atoms with Gasteiger partial charge >= 0.3 is 0 Å².